The molecule has 2 N–H and O–H groups in total. The number of carbonyl (C=O) groups excluding carboxylic acids is 1. The van der Waals surface area contributed by atoms with E-state index in [2.05, 4.69) is 22.8 Å². The molecule has 1 heterocycles. The molecule has 1 aliphatic heterocycles. The molecule has 0 radical (unpaired) electrons. The van der Waals surface area contributed by atoms with Crippen LogP contribution in [0.15, 0.2) is 42.5 Å². The van der Waals surface area contributed by atoms with Gasteiger partial charge in [0.05, 0.1) is 6.61 Å². The number of anilines is 1. The Bertz CT molecular complexity index is 701. The van der Waals surface area contributed by atoms with E-state index in [0.717, 1.165) is 25.2 Å². The number of amides is 2. The Morgan fingerprint density at radius 3 is 2.83 bits per heavy atom. The van der Waals surface area contributed by atoms with Crippen LogP contribution in [0.3, 0.4) is 0 Å². The fourth-order valence-corrected chi connectivity index (χ4v) is 2.82. The lowest BCUT2D eigenvalue weighted by atomic mass is 10.0. The van der Waals surface area contributed by atoms with Crippen molar-refractivity contribution in [3.63, 3.8) is 0 Å². The zero-order valence-electron chi connectivity index (χ0n) is 12.9. The molecule has 0 spiro atoms. The first-order valence-electron chi connectivity index (χ1n) is 7.68. The highest BCUT2D eigenvalue weighted by Gasteiger charge is 2.14. The Labute approximate surface area is 140 Å². The first kappa shape index (κ1) is 15.7. The molecule has 0 bridgehead atoms. The molecule has 120 valence electrons. The predicted octanol–water partition coefficient (Wildman–Crippen LogP) is 4.03. The molecule has 0 fully saturated rings. The van der Waals surface area contributed by atoms with Crippen molar-refractivity contribution in [1.82, 2.24) is 5.32 Å². The molecule has 5 heteroatoms. The Morgan fingerprint density at radius 1 is 1.26 bits per heavy atom. The van der Waals surface area contributed by atoms with Crippen molar-refractivity contribution in [2.24, 2.45) is 0 Å². The van der Waals surface area contributed by atoms with Crippen molar-refractivity contribution in [2.75, 3.05) is 11.9 Å². The second-order valence-electron chi connectivity index (χ2n) is 5.75. The maximum Gasteiger partial charge on any atom is 0.319 e. The van der Waals surface area contributed by atoms with Crippen molar-refractivity contribution in [3.8, 4) is 5.75 Å². The van der Waals surface area contributed by atoms with E-state index in [1.807, 2.05) is 13.0 Å². The lowest BCUT2D eigenvalue weighted by Crippen LogP contribution is -2.37. The topological polar surface area (TPSA) is 50.4 Å². The lowest BCUT2D eigenvalue weighted by Gasteiger charge is -2.15. The van der Waals surface area contributed by atoms with Gasteiger partial charge in [-0.15, -0.1) is 0 Å². The summed E-state index contributed by atoms with van der Waals surface area (Å²) in [5.74, 6) is 0.981. The summed E-state index contributed by atoms with van der Waals surface area (Å²) in [5.41, 5.74) is 3.17. The van der Waals surface area contributed by atoms with E-state index >= 15 is 0 Å². The van der Waals surface area contributed by atoms with Crippen LogP contribution < -0.4 is 15.4 Å². The van der Waals surface area contributed by atoms with Crippen LogP contribution in [0.2, 0.25) is 5.02 Å². The zero-order chi connectivity index (χ0) is 16.2. The molecule has 1 atom stereocenters. The number of nitrogens with one attached hydrogen (secondary N) is 2. The van der Waals surface area contributed by atoms with Crippen LogP contribution in [-0.2, 0) is 12.8 Å². The Hall–Kier alpha value is -2.20. The number of ether oxygens (including phenoxy) is 1. The molecule has 1 unspecified atom stereocenters. The normalized spacial score (nSPS) is 13.8. The molecule has 0 aromatic heterocycles. The minimum Gasteiger partial charge on any atom is -0.493 e. The van der Waals surface area contributed by atoms with E-state index in [1.165, 1.54) is 11.1 Å². The van der Waals surface area contributed by atoms with Gasteiger partial charge in [-0.05, 0) is 54.8 Å². The average Bonchev–Trinajstić information content (AvgIpc) is 2.97. The Morgan fingerprint density at radius 2 is 2.04 bits per heavy atom. The Kier molecular flexibility index (Phi) is 4.72. The summed E-state index contributed by atoms with van der Waals surface area (Å²) < 4.78 is 5.51. The number of fused-ring (bicyclic) bond motifs is 1. The standard InChI is InChI=1S/C18H19ClN2O2/c1-12(10-13-2-7-17-14(11-13)8-9-23-17)20-18(22)21-16-5-3-15(19)4-6-16/h2-7,11-12H,8-10H2,1H3,(H2,20,21,22). The molecule has 3 rings (SSSR count). The van der Waals surface area contributed by atoms with Crippen molar-refractivity contribution in [2.45, 2.75) is 25.8 Å². The van der Waals surface area contributed by atoms with E-state index in [0.29, 0.717) is 10.7 Å². The van der Waals surface area contributed by atoms with Crippen molar-refractivity contribution in [3.05, 3.63) is 58.6 Å². The minimum atomic E-state index is -0.218. The average molecular weight is 331 g/mol. The molecule has 1 aliphatic rings. The van der Waals surface area contributed by atoms with Gasteiger partial charge in [0.1, 0.15) is 5.75 Å². The molecule has 0 saturated carbocycles. The SMILES string of the molecule is CC(Cc1ccc2c(c1)CCO2)NC(=O)Nc1ccc(Cl)cc1. The summed E-state index contributed by atoms with van der Waals surface area (Å²) in [6, 6.07) is 13.1. The number of hydrogen-bond donors (Lipinski definition) is 2. The molecule has 4 nitrogen and oxygen atoms in total. The quantitative estimate of drug-likeness (QED) is 0.889. The van der Waals surface area contributed by atoms with Crippen LogP contribution in [0.1, 0.15) is 18.1 Å². The van der Waals surface area contributed by atoms with Crippen LogP contribution in [0.4, 0.5) is 10.5 Å². The van der Waals surface area contributed by atoms with Gasteiger partial charge in [0, 0.05) is 23.2 Å². The first-order valence-corrected chi connectivity index (χ1v) is 8.05. The van der Waals surface area contributed by atoms with E-state index in [4.69, 9.17) is 16.3 Å². The summed E-state index contributed by atoms with van der Waals surface area (Å²) in [4.78, 5) is 12.0. The smallest absolute Gasteiger partial charge is 0.319 e. The van der Waals surface area contributed by atoms with Crippen LogP contribution in [0.5, 0.6) is 5.75 Å². The van der Waals surface area contributed by atoms with Gasteiger partial charge in [0.15, 0.2) is 0 Å². The summed E-state index contributed by atoms with van der Waals surface area (Å²) in [6.07, 6.45) is 1.74. The second kappa shape index (κ2) is 6.92. The number of benzene rings is 2. The third-order valence-corrected chi connectivity index (χ3v) is 4.03. The maximum absolute atomic E-state index is 12.0. The molecular formula is C18H19ClN2O2. The first-order chi connectivity index (χ1) is 11.1. The molecule has 2 aromatic carbocycles. The fourth-order valence-electron chi connectivity index (χ4n) is 2.70. The molecular weight excluding hydrogens is 312 g/mol. The molecule has 0 saturated heterocycles. The van der Waals surface area contributed by atoms with Gasteiger partial charge in [-0.25, -0.2) is 4.79 Å². The van der Waals surface area contributed by atoms with Crippen molar-refractivity contribution >= 4 is 23.3 Å². The number of rotatable bonds is 4. The largest absolute Gasteiger partial charge is 0.493 e. The van der Waals surface area contributed by atoms with Crippen LogP contribution in [0.25, 0.3) is 0 Å². The van der Waals surface area contributed by atoms with Gasteiger partial charge >= 0.3 is 6.03 Å². The summed E-state index contributed by atoms with van der Waals surface area (Å²) in [6.45, 7) is 2.75. The molecule has 2 aromatic rings. The number of halogens is 1. The van der Waals surface area contributed by atoms with E-state index < -0.39 is 0 Å². The summed E-state index contributed by atoms with van der Waals surface area (Å²) >= 11 is 5.83. The van der Waals surface area contributed by atoms with Crippen molar-refractivity contribution in [1.29, 1.82) is 0 Å². The van der Waals surface area contributed by atoms with Gasteiger partial charge < -0.3 is 15.4 Å². The number of hydrogen-bond acceptors (Lipinski definition) is 2. The highest BCUT2D eigenvalue weighted by molar-refractivity contribution is 6.30. The number of carbonyl (C=O) groups is 1. The summed E-state index contributed by atoms with van der Waals surface area (Å²) in [7, 11) is 0. The van der Waals surface area contributed by atoms with E-state index in [-0.39, 0.29) is 12.1 Å². The van der Waals surface area contributed by atoms with Crippen LogP contribution >= 0.6 is 11.6 Å². The monoisotopic (exact) mass is 330 g/mol. The maximum atomic E-state index is 12.0. The van der Waals surface area contributed by atoms with Crippen LogP contribution in [-0.4, -0.2) is 18.7 Å². The third kappa shape index (κ3) is 4.17. The van der Waals surface area contributed by atoms with Gasteiger partial charge in [-0.2, -0.15) is 0 Å². The van der Waals surface area contributed by atoms with Gasteiger partial charge in [-0.1, -0.05) is 23.7 Å². The van der Waals surface area contributed by atoms with E-state index in [9.17, 15) is 4.79 Å². The third-order valence-electron chi connectivity index (χ3n) is 3.78. The highest BCUT2D eigenvalue weighted by Crippen LogP contribution is 2.26. The zero-order valence-corrected chi connectivity index (χ0v) is 13.7. The predicted molar refractivity (Wildman–Crippen MR) is 92.4 cm³/mol. The molecule has 2 amide bonds. The van der Waals surface area contributed by atoms with E-state index in [1.54, 1.807) is 24.3 Å². The fraction of sp³-hybridized carbons (Fsp3) is 0.278. The number of urea groups is 1. The van der Waals surface area contributed by atoms with Gasteiger partial charge in [-0.3, -0.25) is 0 Å². The Balaban J connectivity index is 1.53. The second-order valence-corrected chi connectivity index (χ2v) is 6.19. The molecule has 0 aliphatic carbocycles. The lowest BCUT2D eigenvalue weighted by molar-refractivity contribution is 0.249. The summed E-state index contributed by atoms with van der Waals surface area (Å²) in [5, 5.41) is 6.39. The van der Waals surface area contributed by atoms with Crippen molar-refractivity contribution < 1.29 is 9.53 Å². The van der Waals surface area contributed by atoms with Crippen LogP contribution in [0, 0.1) is 0 Å². The molecule has 23 heavy (non-hydrogen) atoms. The van der Waals surface area contributed by atoms with Gasteiger partial charge in [0.25, 0.3) is 0 Å². The highest BCUT2D eigenvalue weighted by atomic mass is 35.5. The minimum absolute atomic E-state index is 0.0303. The van der Waals surface area contributed by atoms with Gasteiger partial charge in [0.2, 0.25) is 0 Å².